The first-order valence-corrected chi connectivity index (χ1v) is 9.98. The first-order valence-electron chi connectivity index (χ1n) is 9.98. The molecule has 0 bridgehead atoms. The Labute approximate surface area is 161 Å². The summed E-state index contributed by atoms with van der Waals surface area (Å²) >= 11 is 0. The number of fused-ring (bicyclic) bond motifs is 1. The highest BCUT2D eigenvalue weighted by Gasteiger charge is 2.32. The molecule has 150 valence electrons. The van der Waals surface area contributed by atoms with Crippen molar-refractivity contribution in [3.63, 3.8) is 0 Å². The Hall–Kier alpha value is -2.11. The summed E-state index contributed by atoms with van der Waals surface area (Å²) in [5.41, 5.74) is 0.822. The second-order valence-electron chi connectivity index (χ2n) is 7.83. The first-order chi connectivity index (χ1) is 12.8. The number of pyridine rings is 1. The van der Waals surface area contributed by atoms with Gasteiger partial charge >= 0.3 is 5.97 Å². The van der Waals surface area contributed by atoms with E-state index in [1.807, 2.05) is 0 Å². The van der Waals surface area contributed by atoms with E-state index in [-0.39, 0.29) is 11.1 Å². The summed E-state index contributed by atoms with van der Waals surface area (Å²) in [6, 6.07) is 1.74. The molecule has 0 saturated carbocycles. The fourth-order valence-corrected chi connectivity index (χ4v) is 3.61. The summed E-state index contributed by atoms with van der Waals surface area (Å²) in [7, 11) is 1.28. The average molecular weight is 376 g/mol. The molecule has 6 nitrogen and oxygen atoms in total. The number of aromatic nitrogens is 1. The van der Waals surface area contributed by atoms with Gasteiger partial charge in [-0.3, -0.25) is 9.59 Å². The predicted molar refractivity (Wildman–Crippen MR) is 105 cm³/mol. The molecule has 1 N–H and O–H groups in total. The Morgan fingerprint density at radius 2 is 1.85 bits per heavy atom. The van der Waals surface area contributed by atoms with Gasteiger partial charge in [0.1, 0.15) is 11.1 Å². The molecule has 1 aliphatic rings. The van der Waals surface area contributed by atoms with Crippen LogP contribution in [0.15, 0.2) is 10.9 Å². The van der Waals surface area contributed by atoms with E-state index in [2.05, 4.69) is 12.2 Å². The van der Waals surface area contributed by atoms with Crippen molar-refractivity contribution in [1.29, 1.82) is 0 Å². The van der Waals surface area contributed by atoms with E-state index in [4.69, 9.17) is 4.74 Å². The summed E-state index contributed by atoms with van der Waals surface area (Å²) < 4.78 is 6.54. The van der Waals surface area contributed by atoms with Crippen molar-refractivity contribution in [3.8, 4) is 0 Å². The van der Waals surface area contributed by atoms with Gasteiger partial charge < -0.3 is 14.6 Å². The van der Waals surface area contributed by atoms with Gasteiger partial charge in [0.15, 0.2) is 0 Å². The van der Waals surface area contributed by atoms with E-state index in [0.717, 1.165) is 49.8 Å². The fourth-order valence-electron chi connectivity index (χ4n) is 3.61. The number of amides is 1. The molecule has 0 aromatic carbocycles. The van der Waals surface area contributed by atoms with Crippen LogP contribution in [0.2, 0.25) is 0 Å². The van der Waals surface area contributed by atoms with Crippen LogP contribution in [-0.2, 0) is 28.9 Å². The van der Waals surface area contributed by atoms with Gasteiger partial charge in [0, 0.05) is 12.2 Å². The monoisotopic (exact) mass is 376 g/mol. The number of nitrogens with zero attached hydrogens (tertiary/aromatic N) is 1. The zero-order valence-electron chi connectivity index (χ0n) is 17.0. The molecule has 0 aliphatic heterocycles. The summed E-state index contributed by atoms with van der Waals surface area (Å²) in [5.74, 6) is -1.07. The third-order valence-corrected chi connectivity index (χ3v) is 5.20. The van der Waals surface area contributed by atoms with E-state index in [0.29, 0.717) is 6.54 Å². The van der Waals surface area contributed by atoms with Gasteiger partial charge in [-0.2, -0.15) is 0 Å². The Balaban J connectivity index is 2.46. The molecule has 6 heteroatoms. The molecule has 1 aromatic heterocycles. The average Bonchev–Trinajstić information content (AvgIpc) is 2.60. The van der Waals surface area contributed by atoms with Crippen molar-refractivity contribution in [2.45, 2.75) is 84.2 Å². The van der Waals surface area contributed by atoms with Gasteiger partial charge in [0.25, 0.3) is 11.5 Å². The first kappa shape index (κ1) is 21.2. The maximum atomic E-state index is 13.1. The number of rotatable bonds is 6. The number of nitrogens with one attached hydrogen (secondary N) is 1. The van der Waals surface area contributed by atoms with Crippen molar-refractivity contribution in [3.05, 3.63) is 33.2 Å². The van der Waals surface area contributed by atoms with Gasteiger partial charge in [0.2, 0.25) is 0 Å². The number of hydrogen-bond donors (Lipinski definition) is 1. The molecule has 1 heterocycles. The van der Waals surface area contributed by atoms with E-state index >= 15 is 0 Å². The Morgan fingerprint density at radius 1 is 1.19 bits per heavy atom. The lowest BCUT2D eigenvalue weighted by Crippen LogP contribution is -2.51. The van der Waals surface area contributed by atoms with Crippen LogP contribution < -0.4 is 10.9 Å². The van der Waals surface area contributed by atoms with Gasteiger partial charge in [-0.1, -0.05) is 26.2 Å². The minimum atomic E-state index is -1.20. The number of aryl methyl sites for hydroxylation is 1. The van der Waals surface area contributed by atoms with Crippen molar-refractivity contribution in [2.24, 2.45) is 0 Å². The quantitative estimate of drug-likeness (QED) is 0.774. The van der Waals surface area contributed by atoms with Crippen LogP contribution in [0.5, 0.6) is 0 Å². The molecule has 0 atom stereocenters. The second-order valence-corrected chi connectivity index (χ2v) is 7.83. The molecule has 0 saturated heterocycles. The van der Waals surface area contributed by atoms with E-state index in [9.17, 15) is 14.4 Å². The largest absolute Gasteiger partial charge is 0.467 e. The third-order valence-electron chi connectivity index (χ3n) is 5.20. The molecule has 2 rings (SSSR count). The molecule has 27 heavy (non-hydrogen) atoms. The number of ether oxygens (including phenoxy) is 1. The fraction of sp³-hybridized carbons (Fsp3) is 0.667. The Morgan fingerprint density at radius 3 is 2.48 bits per heavy atom. The standard InChI is InChI=1S/C21H32N2O4/c1-5-6-13-23-17-12-10-8-7-9-11-15(17)14-16(19(23)25)18(24)22-21(2,3)20(26)27-4/h14H,5-13H2,1-4H3,(H,22,24). The van der Waals surface area contributed by atoms with Crippen molar-refractivity contribution in [2.75, 3.05) is 7.11 Å². The highest BCUT2D eigenvalue weighted by Crippen LogP contribution is 2.21. The molecular formula is C21H32N2O4. The van der Waals surface area contributed by atoms with Crippen molar-refractivity contribution >= 4 is 11.9 Å². The predicted octanol–water partition coefficient (Wildman–Crippen LogP) is 2.99. The highest BCUT2D eigenvalue weighted by molar-refractivity contribution is 5.97. The Bertz CT molecular complexity index is 749. The number of methoxy groups -OCH3 is 1. The molecule has 0 unspecified atom stereocenters. The van der Waals surface area contributed by atoms with Crippen LogP contribution in [0.4, 0.5) is 0 Å². The summed E-state index contributed by atoms with van der Waals surface area (Å²) in [6.07, 6.45) is 8.11. The number of carbonyl (C=O) groups is 2. The topological polar surface area (TPSA) is 77.4 Å². The SMILES string of the molecule is CCCCn1c2c(cc(C(=O)NC(C)(C)C(=O)OC)c1=O)CCCCCC2. The van der Waals surface area contributed by atoms with E-state index < -0.39 is 17.4 Å². The maximum absolute atomic E-state index is 13.1. The van der Waals surface area contributed by atoms with Gasteiger partial charge in [-0.25, -0.2) is 4.79 Å². The molecule has 0 radical (unpaired) electrons. The lowest BCUT2D eigenvalue weighted by Gasteiger charge is -2.24. The third kappa shape index (κ3) is 4.99. The highest BCUT2D eigenvalue weighted by atomic mass is 16.5. The van der Waals surface area contributed by atoms with Crippen molar-refractivity contribution in [1.82, 2.24) is 9.88 Å². The molecule has 1 aromatic rings. The normalized spacial score (nSPS) is 14.7. The molecular weight excluding hydrogens is 344 g/mol. The minimum absolute atomic E-state index is 0.113. The maximum Gasteiger partial charge on any atom is 0.330 e. The Kier molecular flexibility index (Phi) is 7.22. The lowest BCUT2D eigenvalue weighted by atomic mass is 9.95. The molecule has 0 spiro atoms. The summed E-state index contributed by atoms with van der Waals surface area (Å²) in [4.78, 5) is 37.8. The summed E-state index contributed by atoms with van der Waals surface area (Å²) in [5, 5.41) is 2.66. The zero-order valence-corrected chi connectivity index (χ0v) is 17.0. The van der Waals surface area contributed by atoms with Gasteiger partial charge in [-0.15, -0.1) is 0 Å². The van der Waals surface area contributed by atoms with Crippen LogP contribution in [0.3, 0.4) is 0 Å². The summed E-state index contributed by atoms with van der Waals surface area (Å²) in [6.45, 7) is 5.85. The molecule has 1 aliphatic carbocycles. The van der Waals surface area contributed by atoms with Crippen LogP contribution >= 0.6 is 0 Å². The van der Waals surface area contributed by atoms with Crippen molar-refractivity contribution < 1.29 is 14.3 Å². The van der Waals surface area contributed by atoms with Crippen LogP contribution in [0, 0.1) is 0 Å². The number of unbranched alkanes of at least 4 members (excludes halogenated alkanes) is 1. The molecule has 1 amide bonds. The molecule has 0 fully saturated rings. The van der Waals surface area contributed by atoms with Crippen LogP contribution in [0.1, 0.15) is 80.9 Å². The number of carbonyl (C=O) groups excluding carboxylic acids is 2. The van der Waals surface area contributed by atoms with E-state index in [1.54, 1.807) is 24.5 Å². The van der Waals surface area contributed by atoms with Gasteiger partial charge in [-0.05, 0) is 57.6 Å². The number of esters is 1. The van der Waals surface area contributed by atoms with Gasteiger partial charge in [0.05, 0.1) is 7.11 Å². The lowest BCUT2D eigenvalue weighted by molar-refractivity contribution is -0.146. The number of hydrogen-bond acceptors (Lipinski definition) is 4. The van der Waals surface area contributed by atoms with Crippen LogP contribution in [-0.4, -0.2) is 29.1 Å². The minimum Gasteiger partial charge on any atom is -0.467 e. The van der Waals surface area contributed by atoms with E-state index in [1.165, 1.54) is 20.0 Å². The zero-order chi connectivity index (χ0) is 20.0. The van der Waals surface area contributed by atoms with Crippen LogP contribution in [0.25, 0.3) is 0 Å². The smallest absolute Gasteiger partial charge is 0.330 e. The second kappa shape index (κ2) is 9.20.